The van der Waals surface area contributed by atoms with Crippen LogP contribution >= 0.6 is 11.8 Å². The normalized spacial score (nSPS) is 22.7. The summed E-state index contributed by atoms with van der Waals surface area (Å²) >= 11 is 1.25. The van der Waals surface area contributed by atoms with Crippen LogP contribution in [0.3, 0.4) is 0 Å². The highest BCUT2D eigenvalue weighted by Crippen LogP contribution is 2.41. The molecule has 3 fully saturated rings. The van der Waals surface area contributed by atoms with E-state index in [1.807, 2.05) is 4.68 Å². The molecule has 0 bridgehead atoms. The minimum absolute atomic E-state index is 0.154. The zero-order valence-corrected chi connectivity index (χ0v) is 31.3. The smallest absolute Gasteiger partial charge is 0.374 e. The van der Waals surface area contributed by atoms with Gasteiger partial charge < -0.3 is 14.7 Å². The molecule has 7 rings (SSSR count). The van der Waals surface area contributed by atoms with Gasteiger partial charge in [0.1, 0.15) is 0 Å². The van der Waals surface area contributed by atoms with E-state index in [9.17, 15) is 26.4 Å². The second-order valence-electron chi connectivity index (χ2n) is 14.9. The van der Waals surface area contributed by atoms with E-state index in [-0.39, 0.29) is 17.3 Å². The first-order chi connectivity index (χ1) is 24.5. The molecule has 0 N–H and O–H groups in total. The maximum absolute atomic E-state index is 14.3. The first-order valence-electron chi connectivity index (χ1n) is 18.8. The summed E-state index contributed by atoms with van der Waals surface area (Å²) in [7, 11) is -3.47. The van der Waals surface area contributed by atoms with Crippen LogP contribution in [0.25, 0.3) is 11.3 Å². The number of benzene rings is 1. The summed E-state index contributed by atoms with van der Waals surface area (Å²) in [6.45, 7) is 6.45. The Kier molecular flexibility index (Phi) is 11.1. The van der Waals surface area contributed by atoms with E-state index in [0.29, 0.717) is 61.4 Å². The average molecular weight is 749 g/mol. The van der Waals surface area contributed by atoms with Crippen molar-refractivity contribution < 1.29 is 26.4 Å². The largest absolute Gasteiger partial charge is 0.417 e. The van der Waals surface area contributed by atoms with Crippen molar-refractivity contribution in [2.45, 2.75) is 101 Å². The van der Waals surface area contributed by atoms with Crippen molar-refractivity contribution in [1.29, 1.82) is 0 Å². The Morgan fingerprint density at radius 2 is 1.75 bits per heavy atom. The second kappa shape index (κ2) is 15.4. The Balaban J connectivity index is 1.07. The van der Waals surface area contributed by atoms with Crippen LogP contribution < -0.4 is 0 Å². The van der Waals surface area contributed by atoms with Crippen molar-refractivity contribution in [2.24, 2.45) is 5.92 Å². The van der Waals surface area contributed by atoms with Crippen molar-refractivity contribution >= 4 is 27.7 Å². The van der Waals surface area contributed by atoms with E-state index in [1.165, 1.54) is 59.4 Å². The van der Waals surface area contributed by atoms with Gasteiger partial charge in [-0.15, -0.1) is 11.8 Å². The standard InChI is InChI=1S/C37H51F3N6O3S2/c1-51(48,49)44-22-15-33-30(26-44)36(41-46(33)19-6-16-42-20-13-29(14-21-42)45-18-5-10-35(45)47)28-11-12-31(37(38,39)40)34(25-28)50-24-23-43-17-4-8-27-7-2-3-9-32(27)43/h9,11-12,25,27,29H,2-8,10,13-24,26H2,1H3. The van der Waals surface area contributed by atoms with Crippen LogP contribution in [0.1, 0.15) is 81.0 Å². The number of amides is 1. The van der Waals surface area contributed by atoms with Crippen LogP contribution in [0.5, 0.6) is 0 Å². The van der Waals surface area contributed by atoms with Crippen LogP contribution in [-0.4, -0.2) is 107 Å². The molecule has 4 aliphatic heterocycles. The topological polar surface area (TPSA) is 82.0 Å². The number of hydrogen-bond donors (Lipinski definition) is 0. The number of aromatic nitrogens is 2. The van der Waals surface area contributed by atoms with Crippen molar-refractivity contribution in [3.8, 4) is 11.3 Å². The first kappa shape index (κ1) is 36.8. The summed E-state index contributed by atoms with van der Waals surface area (Å²) in [5.41, 5.74) is 3.63. The van der Waals surface area contributed by atoms with Gasteiger partial charge in [-0.25, -0.2) is 8.42 Å². The van der Waals surface area contributed by atoms with Gasteiger partial charge in [-0.05, 0) is 82.4 Å². The molecule has 1 unspecified atom stereocenters. The number of piperidine rings is 2. The fourth-order valence-electron chi connectivity index (χ4n) is 8.92. The molecule has 0 spiro atoms. The van der Waals surface area contributed by atoms with Crippen LogP contribution in [0.15, 0.2) is 34.9 Å². The van der Waals surface area contributed by atoms with Crippen LogP contribution in [0.2, 0.25) is 0 Å². The Morgan fingerprint density at radius 3 is 2.49 bits per heavy atom. The summed E-state index contributed by atoms with van der Waals surface area (Å²) in [4.78, 5) is 19.3. The van der Waals surface area contributed by atoms with Gasteiger partial charge >= 0.3 is 6.18 Å². The number of halogens is 3. The average Bonchev–Trinajstić information content (AvgIpc) is 3.71. The van der Waals surface area contributed by atoms with Crippen molar-refractivity contribution in [2.75, 3.05) is 57.8 Å². The Hall–Kier alpha value is -2.55. The Labute approximate surface area is 304 Å². The number of carbonyl (C=O) groups excluding carboxylic acids is 1. The molecule has 2 aromatic rings. The number of hydrogen-bond acceptors (Lipinski definition) is 7. The maximum Gasteiger partial charge on any atom is 0.417 e. The molecule has 0 radical (unpaired) electrons. The lowest BCUT2D eigenvalue weighted by molar-refractivity contribution is -0.139. The molecule has 51 heavy (non-hydrogen) atoms. The van der Waals surface area contributed by atoms with Gasteiger partial charge in [0.25, 0.3) is 0 Å². The van der Waals surface area contributed by atoms with Gasteiger partial charge in [0, 0.05) is 104 Å². The molecule has 5 heterocycles. The lowest BCUT2D eigenvalue weighted by atomic mass is 9.85. The van der Waals surface area contributed by atoms with Crippen molar-refractivity contribution in [1.82, 2.24) is 28.8 Å². The monoisotopic (exact) mass is 748 g/mol. The first-order valence-corrected chi connectivity index (χ1v) is 21.6. The number of thioether (sulfide) groups is 1. The van der Waals surface area contributed by atoms with Crippen LogP contribution in [0.4, 0.5) is 13.2 Å². The van der Waals surface area contributed by atoms with Gasteiger partial charge in [-0.3, -0.25) is 9.48 Å². The minimum Gasteiger partial charge on any atom is -0.374 e. The van der Waals surface area contributed by atoms with E-state index in [0.717, 1.165) is 82.5 Å². The summed E-state index contributed by atoms with van der Waals surface area (Å²) in [5.74, 6) is 1.41. The van der Waals surface area contributed by atoms with Crippen LogP contribution in [0, 0.1) is 5.92 Å². The SMILES string of the molecule is CS(=O)(=O)N1CCc2c(c(-c3ccc(C(F)(F)F)c(SCCN4CCCC5CCCC=C54)c3)nn2CCCN2CCC(N3CCCC3=O)CC2)C1. The molecule has 1 amide bonds. The highest BCUT2D eigenvalue weighted by molar-refractivity contribution is 7.99. The number of likely N-dealkylation sites (tertiary alicyclic amines) is 3. The molecule has 280 valence electrons. The second-order valence-corrected chi connectivity index (χ2v) is 18.0. The quantitative estimate of drug-likeness (QED) is 0.252. The van der Waals surface area contributed by atoms with Gasteiger partial charge in [-0.2, -0.15) is 22.6 Å². The van der Waals surface area contributed by atoms with Gasteiger partial charge in [0.15, 0.2) is 0 Å². The van der Waals surface area contributed by atoms with E-state index < -0.39 is 21.8 Å². The fourth-order valence-corrected chi connectivity index (χ4v) is 10.8. The molecular weight excluding hydrogens is 698 g/mol. The third-order valence-corrected chi connectivity index (χ3v) is 13.9. The van der Waals surface area contributed by atoms with E-state index in [4.69, 9.17) is 5.10 Å². The molecule has 14 heteroatoms. The number of alkyl halides is 3. The number of carbonyl (C=O) groups is 1. The lowest BCUT2D eigenvalue weighted by Crippen LogP contribution is -2.45. The van der Waals surface area contributed by atoms with Crippen molar-refractivity contribution in [3.63, 3.8) is 0 Å². The summed E-state index contributed by atoms with van der Waals surface area (Å²) in [6.07, 6.45) is 9.78. The summed E-state index contributed by atoms with van der Waals surface area (Å²) in [6, 6.07) is 4.62. The fraction of sp³-hybridized carbons (Fsp3) is 0.676. The predicted octanol–water partition coefficient (Wildman–Crippen LogP) is 6.24. The van der Waals surface area contributed by atoms with E-state index in [2.05, 4.69) is 20.8 Å². The molecular formula is C37H51F3N6O3S2. The molecule has 1 aromatic carbocycles. The number of rotatable bonds is 11. The minimum atomic E-state index is -4.49. The molecule has 1 atom stereocenters. The van der Waals surface area contributed by atoms with Gasteiger partial charge in [-0.1, -0.05) is 12.1 Å². The lowest BCUT2D eigenvalue weighted by Gasteiger charge is -2.39. The zero-order valence-electron chi connectivity index (χ0n) is 29.7. The third kappa shape index (κ3) is 8.33. The number of nitrogens with zero attached hydrogens (tertiary/aromatic N) is 6. The Morgan fingerprint density at radius 1 is 0.941 bits per heavy atom. The van der Waals surface area contributed by atoms with Gasteiger partial charge in [0.05, 0.1) is 17.5 Å². The number of allylic oxidation sites excluding steroid dienone is 2. The highest BCUT2D eigenvalue weighted by atomic mass is 32.2. The molecule has 1 aliphatic carbocycles. The maximum atomic E-state index is 14.3. The molecule has 0 saturated carbocycles. The molecule has 9 nitrogen and oxygen atoms in total. The van der Waals surface area contributed by atoms with Crippen LogP contribution in [-0.2, 0) is 40.5 Å². The number of fused-ring (bicyclic) bond motifs is 2. The molecule has 1 aromatic heterocycles. The zero-order chi connectivity index (χ0) is 35.8. The van der Waals surface area contributed by atoms with E-state index >= 15 is 0 Å². The highest BCUT2D eigenvalue weighted by Gasteiger charge is 2.36. The molecule has 3 saturated heterocycles. The molecule has 5 aliphatic rings. The van der Waals surface area contributed by atoms with Crippen molar-refractivity contribution in [3.05, 3.63) is 46.8 Å². The van der Waals surface area contributed by atoms with Gasteiger partial charge in [0.2, 0.25) is 15.9 Å². The third-order valence-electron chi connectivity index (χ3n) is 11.6. The predicted molar refractivity (Wildman–Crippen MR) is 194 cm³/mol. The van der Waals surface area contributed by atoms with E-state index in [1.54, 1.807) is 6.07 Å². The Bertz CT molecular complexity index is 1720. The summed E-state index contributed by atoms with van der Waals surface area (Å²) < 4.78 is 71.5. The number of aryl methyl sites for hydroxylation is 1. The number of sulfonamides is 1. The summed E-state index contributed by atoms with van der Waals surface area (Å²) in [5, 5.41) is 4.99.